The number of rotatable bonds is 2. The fourth-order valence-corrected chi connectivity index (χ4v) is 4.33. The lowest BCUT2D eigenvalue weighted by Gasteiger charge is -2.01. The molecule has 2 aromatic heterocycles. The van der Waals surface area contributed by atoms with Crippen molar-refractivity contribution in [2.24, 2.45) is 0 Å². The van der Waals surface area contributed by atoms with E-state index in [0.717, 1.165) is 16.3 Å². The van der Waals surface area contributed by atoms with Gasteiger partial charge in [-0.3, -0.25) is 19.0 Å². The summed E-state index contributed by atoms with van der Waals surface area (Å²) in [4.78, 5) is 43.1. The number of Topliss-reactive ketones (excluding diaryl/α,β-unsaturated/α-hetero) is 2. The van der Waals surface area contributed by atoms with Crippen LogP contribution in [0.5, 0.6) is 0 Å². The van der Waals surface area contributed by atoms with Crippen molar-refractivity contribution in [1.29, 1.82) is 0 Å². The summed E-state index contributed by atoms with van der Waals surface area (Å²) in [6.07, 6.45) is 1.38. The van der Waals surface area contributed by atoms with E-state index < -0.39 is 0 Å². The number of imidazole rings is 1. The highest BCUT2D eigenvalue weighted by Crippen LogP contribution is 2.33. The van der Waals surface area contributed by atoms with E-state index in [2.05, 4.69) is 4.98 Å². The van der Waals surface area contributed by atoms with Gasteiger partial charge < -0.3 is 4.42 Å². The number of furan rings is 1. The second kappa shape index (κ2) is 6.97. The summed E-state index contributed by atoms with van der Waals surface area (Å²) in [5.74, 6) is -0.286. The van der Waals surface area contributed by atoms with Crippen LogP contribution in [0.1, 0.15) is 38.3 Å². The minimum atomic E-state index is -0.375. The second-order valence-corrected chi connectivity index (χ2v) is 7.95. The van der Waals surface area contributed by atoms with E-state index in [1.54, 1.807) is 18.2 Å². The molecular formula is C27H16N2O4. The summed E-state index contributed by atoms with van der Waals surface area (Å²) in [7, 11) is 0. The number of ketones is 2. The lowest BCUT2D eigenvalue weighted by atomic mass is 10.0. The Labute approximate surface area is 187 Å². The molecule has 1 aliphatic rings. The fourth-order valence-electron chi connectivity index (χ4n) is 4.33. The first-order valence-electron chi connectivity index (χ1n) is 10.4. The van der Waals surface area contributed by atoms with Crippen molar-refractivity contribution < 1.29 is 18.8 Å². The van der Waals surface area contributed by atoms with Gasteiger partial charge in [-0.15, -0.1) is 0 Å². The highest BCUT2D eigenvalue weighted by Gasteiger charge is 2.34. The lowest BCUT2D eigenvalue weighted by Crippen LogP contribution is -2.09. The van der Waals surface area contributed by atoms with Gasteiger partial charge in [0.15, 0.2) is 11.6 Å². The van der Waals surface area contributed by atoms with Gasteiger partial charge in [-0.25, -0.2) is 0 Å². The SMILES string of the molecule is CC(=O)n1c(C=C2C(=O)c3cc4ccccc4cc3C2=O)nc2oc(-c3ccccc3)cc21. The summed E-state index contributed by atoms with van der Waals surface area (Å²) >= 11 is 0. The summed E-state index contributed by atoms with van der Waals surface area (Å²) in [6, 6.07) is 22.3. The molecule has 0 amide bonds. The molecule has 0 saturated heterocycles. The first-order chi connectivity index (χ1) is 16.0. The highest BCUT2D eigenvalue weighted by molar-refractivity contribution is 6.42. The molecular weight excluding hydrogens is 416 g/mol. The Kier molecular flexibility index (Phi) is 4.04. The number of hydrogen-bond donors (Lipinski definition) is 0. The average molecular weight is 432 g/mol. The van der Waals surface area contributed by atoms with Crippen molar-refractivity contribution in [1.82, 2.24) is 9.55 Å². The number of carbonyl (C=O) groups excluding carboxylic acids is 3. The monoisotopic (exact) mass is 432 g/mol. The van der Waals surface area contributed by atoms with Gasteiger partial charge in [0.05, 0.1) is 5.57 Å². The van der Waals surface area contributed by atoms with Crippen LogP contribution in [0.25, 0.3) is 39.4 Å². The quantitative estimate of drug-likeness (QED) is 0.269. The Morgan fingerprint density at radius 3 is 2.09 bits per heavy atom. The van der Waals surface area contributed by atoms with Crippen LogP contribution in [0.2, 0.25) is 0 Å². The van der Waals surface area contributed by atoms with Gasteiger partial charge in [0.1, 0.15) is 17.1 Å². The normalized spacial score (nSPS) is 13.2. The van der Waals surface area contributed by atoms with Crippen LogP contribution in [0.15, 0.2) is 82.8 Å². The number of allylic oxidation sites excluding steroid dienone is 1. The number of benzene rings is 3. The van der Waals surface area contributed by atoms with E-state index >= 15 is 0 Å². The molecule has 33 heavy (non-hydrogen) atoms. The maximum absolute atomic E-state index is 13.1. The summed E-state index contributed by atoms with van der Waals surface area (Å²) < 4.78 is 7.23. The summed E-state index contributed by atoms with van der Waals surface area (Å²) in [6.45, 7) is 1.40. The predicted molar refractivity (Wildman–Crippen MR) is 124 cm³/mol. The second-order valence-electron chi connectivity index (χ2n) is 7.95. The van der Waals surface area contributed by atoms with Crippen molar-refractivity contribution in [2.75, 3.05) is 0 Å². The Morgan fingerprint density at radius 1 is 0.879 bits per heavy atom. The van der Waals surface area contributed by atoms with Crippen LogP contribution in [-0.2, 0) is 0 Å². The number of aromatic nitrogens is 2. The van der Waals surface area contributed by atoms with Crippen LogP contribution < -0.4 is 0 Å². The third kappa shape index (κ3) is 2.88. The zero-order valence-corrected chi connectivity index (χ0v) is 17.5. The van der Waals surface area contributed by atoms with Gasteiger partial charge in [0, 0.05) is 29.7 Å². The molecule has 0 unspecified atom stereocenters. The van der Waals surface area contributed by atoms with E-state index in [1.165, 1.54) is 17.6 Å². The van der Waals surface area contributed by atoms with Crippen LogP contribution in [0, 0.1) is 0 Å². The first-order valence-corrected chi connectivity index (χ1v) is 10.4. The number of hydrogen-bond acceptors (Lipinski definition) is 5. The molecule has 6 rings (SSSR count). The Balaban J connectivity index is 1.48. The van der Waals surface area contributed by atoms with Crippen LogP contribution in [0.4, 0.5) is 0 Å². The molecule has 0 aliphatic heterocycles. The van der Waals surface area contributed by atoms with Gasteiger partial charge in [-0.1, -0.05) is 54.6 Å². The molecule has 2 heterocycles. The Hall–Kier alpha value is -4.58. The minimum absolute atomic E-state index is 0.0151. The smallest absolute Gasteiger partial charge is 0.246 e. The molecule has 0 saturated carbocycles. The van der Waals surface area contributed by atoms with Crippen molar-refractivity contribution in [3.8, 4) is 11.3 Å². The van der Waals surface area contributed by atoms with Crippen molar-refractivity contribution in [2.45, 2.75) is 6.92 Å². The maximum atomic E-state index is 13.1. The zero-order valence-electron chi connectivity index (χ0n) is 17.5. The van der Waals surface area contributed by atoms with Gasteiger partial charge in [-0.2, -0.15) is 4.98 Å². The van der Waals surface area contributed by atoms with Crippen molar-refractivity contribution in [3.63, 3.8) is 0 Å². The van der Waals surface area contributed by atoms with E-state index in [1.807, 2.05) is 54.6 Å². The molecule has 0 atom stereocenters. The van der Waals surface area contributed by atoms with Crippen molar-refractivity contribution >= 4 is 45.6 Å². The lowest BCUT2D eigenvalue weighted by molar-refractivity contribution is 0.0936. The Bertz CT molecular complexity index is 1610. The van der Waals surface area contributed by atoms with Gasteiger partial charge in [0.25, 0.3) is 0 Å². The van der Waals surface area contributed by atoms with Gasteiger partial charge >= 0.3 is 0 Å². The molecule has 5 aromatic rings. The molecule has 1 aliphatic carbocycles. The van der Waals surface area contributed by atoms with Crippen molar-refractivity contribution in [3.05, 3.63) is 95.3 Å². The molecule has 158 valence electrons. The molecule has 0 bridgehead atoms. The molecule has 6 nitrogen and oxygen atoms in total. The van der Waals surface area contributed by atoms with E-state index in [4.69, 9.17) is 4.42 Å². The molecule has 6 heteroatoms. The van der Waals surface area contributed by atoms with Gasteiger partial charge in [-0.05, 0) is 29.0 Å². The standard InChI is InChI=1S/C27H16N2O4/c1-15(30)29-22-14-23(16-7-3-2-4-8-16)33-27(22)28-24(29)13-21-25(31)19-11-17-9-5-6-10-18(17)12-20(19)26(21)32/h2-14H,1H3. The molecule has 0 spiro atoms. The third-order valence-corrected chi connectivity index (χ3v) is 5.89. The summed E-state index contributed by atoms with van der Waals surface area (Å²) in [5.41, 5.74) is 2.31. The fraction of sp³-hybridized carbons (Fsp3) is 0.0370. The number of nitrogens with zero attached hydrogens (tertiary/aromatic N) is 2. The number of fused-ring (bicyclic) bond motifs is 3. The molecule has 0 radical (unpaired) electrons. The largest absolute Gasteiger partial charge is 0.436 e. The van der Waals surface area contributed by atoms with E-state index in [-0.39, 0.29) is 34.6 Å². The summed E-state index contributed by atoms with van der Waals surface area (Å²) in [5, 5.41) is 1.77. The Morgan fingerprint density at radius 2 is 1.48 bits per heavy atom. The minimum Gasteiger partial charge on any atom is -0.436 e. The van der Waals surface area contributed by atoms with Crippen LogP contribution >= 0.6 is 0 Å². The van der Waals surface area contributed by atoms with Crippen LogP contribution in [-0.4, -0.2) is 27.0 Å². The number of carbonyl (C=O) groups is 3. The topological polar surface area (TPSA) is 82.2 Å². The molecule has 3 aromatic carbocycles. The molecule has 0 fully saturated rings. The first kappa shape index (κ1) is 19.1. The maximum Gasteiger partial charge on any atom is 0.246 e. The molecule has 0 N–H and O–H groups in total. The van der Waals surface area contributed by atoms with Gasteiger partial charge in [0.2, 0.25) is 11.6 Å². The van der Waals surface area contributed by atoms with Crippen LogP contribution in [0.3, 0.4) is 0 Å². The predicted octanol–water partition coefficient (Wildman–Crippen LogP) is 5.57. The average Bonchev–Trinajstić information content (AvgIpc) is 3.44. The highest BCUT2D eigenvalue weighted by atomic mass is 16.3. The van der Waals surface area contributed by atoms with E-state index in [0.29, 0.717) is 22.4 Å². The third-order valence-electron chi connectivity index (χ3n) is 5.89. The zero-order chi connectivity index (χ0) is 22.7. The van der Waals surface area contributed by atoms with E-state index in [9.17, 15) is 14.4 Å².